The van der Waals surface area contributed by atoms with E-state index in [1.54, 1.807) is 0 Å². The Hall–Kier alpha value is -2.50. The highest BCUT2D eigenvalue weighted by molar-refractivity contribution is 6.30. The molecule has 0 saturated carbocycles. The van der Waals surface area contributed by atoms with E-state index in [0.717, 1.165) is 69.0 Å². The number of urea groups is 1. The second-order valence-corrected chi connectivity index (χ2v) is 9.44. The first-order valence-corrected chi connectivity index (χ1v) is 12.2. The molecule has 2 N–H and O–H groups in total. The molecular formula is C26H31ClN4O. The molecule has 3 aliphatic rings. The Labute approximate surface area is 194 Å². The molecule has 5 nitrogen and oxygen atoms in total. The van der Waals surface area contributed by atoms with Gasteiger partial charge in [-0.1, -0.05) is 35.9 Å². The molecule has 168 valence electrons. The Kier molecular flexibility index (Phi) is 6.37. The minimum atomic E-state index is 0.107. The lowest BCUT2D eigenvalue weighted by Gasteiger charge is -2.34. The van der Waals surface area contributed by atoms with Crippen LogP contribution < -0.4 is 21.2 Å². The van der Waals surface area contributed by atoms with Crippen molar-refractivity contribution >= 4 is 29.8 Å². The summed E-state index contributed by atoms with van der Waals surface area (Å²) in [5.74, 6) is 0.455. The number of carbonyl (C=O) groups is 1. The largest absolute Gasteiger partial charge is 0.335 e. The van der Waals surface area contributed by atoms with E-state index < -0.39 is 0 Å². The SMILES string of the molecule is O=C(NC1CCNCC1)N1CCC(c2cn(-c3ccc(Cl)cc3)c3c2=CC=CCC=3)CC1. The predicted molar refractivity (Wildman–Crippen MR) is 131 cm³/mol. The van der Waals surface area contributed by atoms with Crippen LogP contribution in [0, 0.1) is 0 Å². The number of nitrogens with zero attached hydrogens (tertiary/aromatic N) is 2. The summed E-state index contributed by atoms with van der Waals surface area (Å²) in [6.45, 7) is 3.60. The monoisotopic (exact) mass is 450 g/mol. The quantitative estimate of drug-likeness (QED) is 0.753. The lowest BCUT2D eigenvalue weighted by atomic mass is 9.90. The summed E-state index contributed by atoms with van der Waals surface area (Å²) in [7, 11) is 0. The lowest BCUT2D eigenvalue weighted by molar-refractivity contribution is 0.175. The maximum atomic E-state index is 12.8. The molecule has 6 heteroatoms. The van der Waals surface area contributed by atoms with Crippen LogP contribution in [0.5, 0.6) is 0 Å². The number of benzene rings is 1. The number of aromatic nitrogens is 1. The highest BCUT2D eigenvalue weighted by Crippen LogP contribution is 2.27. The van der Waals surface area contributed by atoms with E-state index >= 15 is 0 Å². The number of nitrogens with one attached hydrogen (secondary N) is 2. The summed E-state index contributed by atoms with van der Waals surface area (Å²) in [4.78, 5) is 14.8. The number of hydrogen-bond acceptors (Lipinski definition) is 2. The number of amides is 2. The van der Waals surface area contributed by atoms with Gasteiger partial charge in [0, 0.05) is 46.6 Å². The van der Waals surface area contributed by atoms with Crippen LogP contribution in [0.1, 0.15) is 43.6 Å². The van der Waals surface area contributed by atoms with Crippen molar-refractivity contribution in [2.45, 2.75) is 44.1 Å². The standard InChI is InChI=1S/C26H31ClN4O/c27-20-6-8-22(9-7-20)31-18-24(23-4-2-1-3-5-25(23)31)19-12-16-30(17-13-19)26(32)29-21-10-14-28-15-11-21/h1-2,4-9,18-19,21,28H,3,10-17H2,(H,29,32). The van der Waals surface area contributed by atoms with E-state index in [4.69, 9.17) is 11.6 Å². The average Bonchev–Trinajstić information content (AvgIpc) is 3.01. The van der Waals surface area contributed by atoms with E-state index in [-0.39, 0.29) is 6.03 Å². The smallest absolute Gasteiger partial charge is 0.317 e. The molecule has 2 amide bonds. The van der Waals surface area contributed by atoms with Gasteiger partial charge in [-0.3, -0.25) is 0 Å². The zero-order valence-electron chi connectivity index (χ0n) is 18.4. The molecule has 2 aromatic rings. The number of halogens is 1. The van der Waals surface area contributed by atoms with Gasteiger partial charge in [0.1, 0.15) is 0 Å². The number of piperidine rings is 2. The Bertz CT molecular complexity index is 1100. The minimum absolute atomic E-state index is 0.107. The fraction of sp³-hybridized carbons (Fsp3) is 0.423. The van der Waals surface area contributed by atoms with Gasteiger partial charge >= 0.3 is 6.03 Å². The van der Waals surface area contributed by atoms with Crippen molar-refractivity contribution in [2.24, 2.45) is 0 Å². The van der Waals surface area contributed by atoms with Gasteiger partial charge in [0.2, 0.25) is 0 Å². The maximum absolute atomic E-state index is 12.8. The first kappa shape index (κ1) is 21.4. The summed E-state index contributed by atoms with van der Waals surface area (Å²) < 4.78 is 2.29. The normalized spacial score (nSPS) is 19.6. The van der Waals surface area contributed by atoms with Crippen molar-refractivity contribution < 1.29 is 4.79 Å². The molecule has 0 radical (unpaired) electrons. The predicted octanol–water partition coefficient (Wildman–Crippen LogP) is 3.29. The molecule has 0 bridgehead atoms. The number of hydrogen-bond donors (Lipinski definition) is 2. The van der Waals surface area contributed by atoms with E-state index in [0.29, 0.717) is 12.0 Å². The first-order valence-electron chi connectivity index (χ1n) is 11.8. The highest BCUT2D eigenvalue weighted by atomic mass is 35.5. The zero-order chi connectivity index (χ0) is 21.9. The second kappa shape index (κ2) is 9.55. The number of fused-ring (bicyclic) bond motifs is 1. The molecule has 2 aliphatic heterocycles. The van der Waals surface area contributed by atoms with Crippen LogP contribution in [0.2, 0.25) is 5.02 Å². The molecule has 1 aromatic carbocycles. The van der Waals surface area contributed by atoms with Crippen molar-refractivity contribution in [3.8, 4) is 5.69 Å². The van der Waals surface area contributed by atoms with Crippen LogP contribution in [-0.2, 0) is 0 Å². The topological polar surface area (TPSA) is 49.3 Å². The van der Waals surface area contributed by atoms with Crippen molar-refractivity contribution in [1.82, 2.24) is 20.1 Å². The summed E-state index contributed by atoms with van der Waals surface area (Å²) >= 11 is 6.12. The van der Waals surface area contributed by atoms with Crippen molar-refractivity contribution in [3.63, 3.8) is 0 Å². The maximum Gasteiger partial charge on any atom is 0.317 e. The summed E-state index contributed by atoms with van der Waals surface area (Å²) in [6.07, 6.45) is 16.2. The van der Waals surface area contributed by atoms with Gasteiger partial charge in [-0.25, -0.2) is 4.79 Å². The Balaban J connectivity index is 1.34. The summed E-state index contributed by atoms with van der Waals surface area (Å²) in [6, 6.07) is 8.46. The number of allylic oxidation sites excluding steroid dienone is 2. The fourth-order valence-corrected chi connectivity index (χ4v) is 5.26. The fourth-order valence-electron chi connectivity index (χ4n) is 5.13. The molecular weight excluding hydrogens is 420 g/mol. The van der Waals surface area contributed by atoms with Crippen LogP contribution in [0.15, 0.2) is 42.6 Å². The third-order valence-corrected chi connectivity index (χ3v) is 7.21. The minimum Gasteiger partial charge on any atom is -0.335 e. The van der Waals surface area contributed by atoms with Crippen LogP contribution >= 0.6 is 11.6 Å². The third-order valence-electron chi connectivity index (χ3n) is 6.95. The van der Waals surface area contributed by atoms with Crippen molar-refractivity contribution in [3.05, 3.63) is 63.8 Å². The average molecular weight is 451 g/mol. The van der Waals surface area contributed by atoms with Gasteiger partial charge in [0.15, 0.2) is 0 Å². The van der Waals surface area contributed by atoms with Gasteiger partial charge in [-0.2, -0.15) is 0 Å². The van der Waals surface area contributed by atoms with E-state index in [9.17, 15) is 4.79 Å². The van der Waals surface area contributed by atoms with E-state index in [1.807, 2.05) is 17.0 Å². The molecule has 3 heterocycles. The molecule has 0 spiro atoms. The van der Waals surface area contributed by atoms with Crippen molar-refractivity contribution in [2.75, 3.05) is 26.2 Å². The van der Waals surface area contributed by atoms with Gasteiger partial charge in [-0.05, 0) is 80.9 Å². The highest BCUT2D eigenvalue weighted by Gasteiger charge is 2.27. The molecule has 0 unspecified atom stereocenters. The van der Waals surface area contributed by atoms with Crippen LogP contribution in [-0.4, -0.2) is 47.7 Å². The Morgan fingerprint density at radius 2 is 1.81 bits per heavy atom. The zero-order valence-corrected chi connectivity index (χ0v) is 19.2. The molecule has 2 fully saturated rings. The summed E-state index contributed by atoms with van der Waals surface area (Å²) in [5.41, 5.74) is 2.51. The van der Waals surface area contributed by atoms with Gasteiger partial charge in [-0.15, -0.1) is 0 Å². The number of carbonyl (C=O) groups excluding carboxylic acids is 1. The second-order valence-electron chi connectivity index (χ2n) is 9.00. The summed E-state index contributed by atoms with van der Waals surface area (Å²) in [5, 5.41) is 9.91. The molecule has 1 aliphatic carbocycles. The first-order chi connectivity index (χ1) is 15.7. The lowest BCUT2D eigenvalue weighted by Crippen LogP contribution is -2.50. The van der Waals surface area contributed by atoms with Gasteiger partial charge < -0.3 is 20.1 Å². The van der Waals surface area contributed by atoms with E-state index in [1.165, 1.54) is 16.1 Å². The van der Waals surface area contributed by atoms with Crippen LogP contribution in [0.3, 0.4) is 0 Å². The van der Waals surface area contributed by atoms with Gasteiger partial charge in [0.05, 0.1) is 0 Å². The molecule has 2 saturated heterocycles. The van der Waals surface area contributed by atoms with Crippen molar-refractivity contribution in [1.29, 1.82) is 0 Å². The molecule has 5 rings (SSSR count). The van der Waals surface area contributed by atoms with Gasteiger partial charge in [0.25, 0.3) is 0 Å². The number of likely N-dealkylation sites (tertiary alicyclic amines) is 1. The Morgan fingerprint density at radius 1 is 1.06 bits per heavy atom. The van der Waals surface area contributed by atoms with Crippen LogP contribution in [0.25, 0.3) is 17.8 Å². The third kappa shape index (κ3) is 4.50. The molecule has 32 heavy (non-hydrogen) atoms. The molecule has 0 atom stereocenters. The van der Waals surface area contributed by atoms with Crippen LogP contribution in [0.4, 0.5) is 4.79 Å². The molecule has 1 aromatic heterocycles. The van der Waals surface area contributed by atoms with E-state index in [2.05, 4.69) is 57.8 Å². The Morgan fingerprint density at radius 3 is 2.56 bits per heavy atom. The number of rotatable bonds is 3.